The molecule has 0 radical (unpaired) electrons. The summed E-state index contributed by atoms with van der Waals surface area (Å²) in [4.78, 5) is 0. The van der Waals surface area contributed by atoms with Crippen molar-refractivity contribution in [3.63, 3.8) is 0 Å². The van der Waals surface area contributed by atoms with Crippen LogP contribution in [0.2, 0.25) is 0 Å². The molecule has 158 valence electrons. The van der Waals surface area contributed by atoms with Gasteiger partial charge in [-0.15, -0.1) is 0 Å². The van der Waals surface area contributed by atoms with E-state index in [9.17, 15) is 0 Å². The highest BCUT2D eigenvalue weighted by Gasteiger charge is 2.50. The van der Waals surface area contributed by atoms with Crippen molar-refractivity contribution < 1.29 is 9.47 Å². The summed E-state index contributed by atoms with van der Waals surface area (Å²) in [6.07, 6.45) is 20.4. The highest BCUT2D eigenvalue weighted by Crippen LogP contribution is 2.50. The Bertz CT molecular complexity index is 289. The Hall–Kier alpha value is -0.0800. The molecule has 0 N–H and O–H groups in total. The van der Waals surface area contributed by atoms with Gasteiger partial charge >= 0.3 is 0 Å². The predicted molar refractivity (Wildman–Crippen MR) is 116 cm³/mol. The second-order valence-corrected chi connectivity index (χ2v) is 8.27. The van der Waals surface area contributed by atoms with E-state index in [1.807, 2.05) is 14.2 Å². The Labute approximate surface area is 165 Å². The molecule has 2 heteroatoms. The van der Waals surface area contributed by atoms with Crippen molar-refractivity contribution >= 4 is 0 Å². The molecule has 0 aliphatic rings. The minimum absolute atomic E-state index is 0.169. The zero-order chi connectivity index (χ0) is 19.7. The molecule has 0 amide bonds. The lowest BCUT2D eigenvalue weighted by atomic mass is 9.66. The predicted octanol–water partition coefficient (Wildman–Crippen LogP) is 8.28. The molecular weight excluding hydrogens is 320 g/mol. The van der Waals surface area contributed by atoms with E-state index in [0.29, 0.717) is 0 Å². The first-order valence-corrected chi connectivity index (χ1v) is 11.7. The maximum atomic E-state index is 6.22. The third-order valence-corrected chi connectivity index (χ3v) is 6.35. The first-order chi connectivity index (χ1) is 12.6. The standard InChI is InChI=1S/C24H50O2/c1-7-11-15-16-17-18-21-23(19-12-8-2,20-13-9-3)24(25-5,26-6)22-14-10-4/h7-22H2,1-6H3. The Morgan fingerprint density at radius 3 is 1.31 bits per heavy atom. The van der Waals surface area contributed by atoms with Crippen LogP contribution in [-0.4, -0.2) is 20.0 Å². The molecule has 2 nitrogen and oxygen atoms in total. The van der Waals surface area contributed by atoms with Gasteiger partial charge < -0.3 is 9.47 Å². The van der Waals surface area contributed by atoms with Gasteiger partial charge in [-0.05, 0) is 25.7 Å². The molecule has 26 heavy (non-hydrogen) atoms. The summed E-state index contributed by atoms with van der Waals surface area (Å²) in [7, 11) is 3.76. The lowest BCUT2D eigenvalue weighted by Crippen LogP contribution is -2.51. The lowest BCUT2D eigenvalue weighted by molar-refractivity contribution is -0.288. The van der Waals surface area contributed by atoms with E-state index in [4.69, 9.17) is 9.47 Å². The van der Waals surface area contributed by atoms with E-state index >= 15 is 0 Å². The normalized spacial score (nSPS) is 12.7. The number of methoxy groups -OCH3 is 2. The average Bonchev–Trinajstić information content (AvgIpc) is 2.67. The minimum Gasteiger partial charge on any atom is -0.353 e. The fraction of sp³-hybridized carbons (Fsp3) is 1.00. The van der Waals surface area contributed by atoms with Crippen LogP contribution < -0.4 is 0 Å². The van der Waals surface area contributed by atoms with Gasteiger partial charge in [-0.25, -0.2) is 0 Å². The zero-order valence-corrected chi connectivity index (χ0v) is 19.1. The van der Waals surface area contributed by atoms with Gasteiger partial charge in [0.05, 0.1) is 0 Å². The molecule has 0 aromatic heterocycles. The smallest absolute Gasteiger partial charge is 0.173 e. The second-order valence-electron chi connectivity index (χ2n) is 8.27. The van der Waals surface area contributed by atoms with Gasteiger partial charge in [0.15, 0.2) is 5.79 Å². The SMILES string of the molecule is CCCCCCCCC(CCCC)(CCCC)C(CCCC)(OC)OC. The quantitative estimate of drug-likeness (QED) is 0.168. The monoisotopic (exact) mass is 370 g/mol. The van der Waals surface area contributed by atoms with Gasteiger partial charge in [0.2, 0.25) is 0 Å². The van der Waals surface area contributed by atoms with Gasteiger partial charge in [0.25, 0.3) is 0 Å². The topological polar surface area (TPSA) is 18.5 Å². The minimum atomic E-state index is -0.406. The molecular formula is C24H50O2. The Kier molecular flexibility index (Phi) is 15.9. The van der Waals surface area contributed by atoms with Crippen molar-refractivity contribution in [3.8, 4) is 0 Å². The summed E-state index contributed by atoms with van der Waals surface area (Å²) in [6.45, 7) is 9.18. The summed E-state index contributed by atoms with van der Waals surface area (Å²) in [6, 6.07) is 0. The Morgan fingerprint density at radius 2 is 0.846 bits per heavy atom. The van der Waals surface area contributed by atoms with Crippen LogP contribution in [0.1, 0.15) is 130 Å². The molecule has 0 aromatic rings. The van der Waals surface area contributed by atoms with Crippen LogP contribution in [0.15, 0.2) is 0 Å². The van der Waals surface area contributed by atoms with Gasteiger partial charge in [-0.3, -0.25) is 0 Å². The molecule has 0 saturated heterocycles. The summed E-state index contributed by atoms with van der Waals surface area (Å²) in [5.74, 6) is -0.406. The van der Waals surface area contributed by atoms with Crippen LogP contribution >= 0.6 is 0 Å². The summed E-state index contributed by atoms with van der Waals surface area (Å²) < 4.78 is 12.4. The Balaban J connectivity index is 5.32. The van der Waals surface area contributed by atoms with Gasteiger partial charge in [0.1, 0.15) is 0 Å². The number of ether oxygens (including phenoxy) is 2. The number of hydrogen-bond donors (Lipinski definition) is 0. The van der Waals surface area contributed by atoms with Crippen molar-refractivity contribution in [2.45, 2.75) is 136 Å². The van der Waals surface area contributed by atoms with E-state index in [1.54, 1.807) is 0 Å². The van der Waals surface area contributed by atoms with E-state index in [-0.39, 0.29) is 5.41 Å². The van der Waals surface area contributed by atoms with E-state index in [0.717, 1.165) is 6.42 Å². The van der Waals surface area contributed by atoms with Gasteiger partial charge in [0, 0.05) is 26.1 Å². The van der Waals surface area contributed by atoms with Crippen LogP contribution in [0.3, 0.4) is 0 Å². The van der Waals surface area contributed by atoms with Gasteiger partial charge in [-0.2, -0.15) is 0 Å². The third kappa shape index (κ3) is 8.30. The summed E-state index contributed by atoms with van der Waals surface area (Å²) >= 11 is 0. The molecule has 0 unspecified atom stereocenters. The van der Waals surface area contributed by atoms with Crippen molar-refractivity contribution in [2.24, 2.45) is 5.41 Å². The molecule has 0 aromatic carbocycles. The molecule has 0 fully saturated rings. The molecule has 0 rings (SSSR count). The molecule has 0 bridgehead atoms. The van der Waals surface area contributed by atoms with Crippen LogP contribution in [-0.2, 0) is 9.47 Å². The number of hydrogen-bond acceptors (Lipinski definition) is 2. The molecule has 0 spiro atoms. The van der Waals surface area contributed by atoms with Crippen molar-refractivity contribution in [1.82, 2.24) is 0 Å². The maximum absolute atomic E-state index is 6.22. The maximum Gasteiger partial charge on any atom is 0.173 e. The van der Waals surface area contributed by atoms with E-state index in [2.05, 4.69) is 27.7 Å². The van der Waals surface area contributed by atoms with Crippen LogP contribution in [0, 0.1) is 5.41 Å². The largest absolute Gasteiger partial charge is 0.353 e. The molecule has 0 aliphatic carbocycles. The highest BCUT2D eigenvalue weighted by molar-refractivity contribution is 4.94. The number of unbranched alkanes of at least 4 members (excludes halogenated alkanes) is 8. The van der Waals surface area contributed by atoms with E-state index in [1.165, 1.54) is 96.3 Å². The lowest BCUT2D eigenvalue weighted by Gasteiger charge is -2.50. The summed E-state index contributed by atoms with van der Waals surface area (Å²) in [5, 5.41) is 0. The fourth-order valence-electron chi connectivity index (χ4n) is 4.62. The first-order valence-electron chi connectivity index (χ1n) is 11.7. The molecule has 0 saturated carbocycles. The second kappa shape index (κ2) is 15.9. The van der Waals surface area contributed by atoms with Crippen molar-refractivity contribution in [3.05, 3.63) is 0 Å². The van der Waals surface area contributed by atoms with Crippen LogP contribution in [0.25, 0.3) is 0 Å². The number of rotatable bonds is 19. The molecule has 0 atom stereocenters. The van der Waals surface area contributed by atoms with Gasteiger partial charge in [-0.1, -0.05) is 98.3 Å². The Morgan fingerprint density at radius 1 is 0.462 bits per heavy atom. The van der Waals surface area contributed by atoms with Crippen molar-refractivity contribution in [2.75, 3.05) is 14.2 Å². The van der Waals surface area contributed by atoms with Crippen LogP contribution in [0.5, 0.6) is 0 Å². The van der Waals surface area contributed by atoms with Crippen molar-refractivity contribution in [1.29, 1.82) is 0 Å². The first kappa shape index (κ1) is 25.9. The molecule has 0 aliphatic heterocycles. The van der Waals surface area contributed by atoms with E-state index < -0.39 is 5.79 Å². The zero-order valence-electron chi connectivity index (χ0n) is 19.1. The summed E-state index contributed by atoms with van der Waals surface area (Å²) in [5.41, 5.74) is 0.169. The van der Waals surface area contributed by atoms with Crippen LogP contribution in [0.4, 0.5) is 0 Å². The highest BCUT2D eigenvalue weighted by atomic mass is 16.7. The molecule has 0 heterocycles. The fourth-order valence-corrected chi connectivity index (χ4v) is 4.62. The average molecular weight is 371 g/mol. The third-order valence-electron chi connectivity index (χ3n) is 6.35.